The Balaban J connectivity index is 3.62. The Labute approximate surface area is 214 Å². The number of rotatable bonds is 10. The molecule has 0 N–H and O–H groups in total. The van der Waals surface area contributed by atoms with Gasteiger partial charge in [-0.1, -0.05) is 76.2 Å². The first-order valence-electron chi connectivity index (χ1n) is 13.3. The van der Waals surface area contributed by atoms with Gasteiger partial charge in [0.2, 0.25) is 0 Å². The molecule has 7 heteroatoms. The number of hydrogen-bond donors (Lipinski definition) is 0. The summed E-state index contributed by atoms with van der Waals surface area (Å²) in [6.45, 7) is 25.1. The Bertz CT molecular complexity index is 739. The highest BCUT2D eigenvalue weighted by atomic mass is 28.4. The van der Waals surface area contributed by atoms with Crippen LogP contribution in [-0.2, 0) is 28.0 Å². The zero-order chi connectivity index (χ0) is 27.7. The van der Waals surface area contributed by atoms with Crippen LogP contribution in [0.15, 0.2) is 0 Å². The molecule has 1 fully saturated rings. The molecule has 35 heavy (non-hydrogen) atoms. The maximum atomic E-state index is 13.4. The molecule has 0 saturated carbocycles. The van der Waals surface area contributed by atoms with Crippen molar-refractivity contribution in [1.82, 2.24) is 0 Å². The minimum absolute atomic E-state index is 0.0799. The summed E-state index contributed by atoms with van der Waals surface area (Å²) in [6, 6.07) is 0. The third-order valence-corrected chi connectivity index (χ3v) is 13.2. The Morgan fingerprint density at radius 1 is 0.686 bits per heavy atom. The molecule has 0 radical (unpaired) electrons. The third kappa shape index (κ3) is 6.21. The fraction of sp³-hybridized carbons (Fsp3) is 0.857. The van der Waals surface area contributed by atoms with Crippen LogP contribution in [0.5, 0.6) is 0 Å². The van der Waals surface area contributed by atoms with Gasteiger partial charge in [0.1, 0.15) is 23.1 Å². The van der Waals surface area contributed by atoms with Crippen LogP contribution >= 0.6 is 0 Å². The molecule has 0 aromatic rings. The van der Waals surface area contributed by atoms with E-state index in [9.17, 15) is 19.2 Å². The molecule has 1 rings (SSSR count). The van der Waals surface area contributed by atoms with E-state index < -0.39 is 44.4 Å². The summed E-state index contributed by atoms with van der Waals surface area (Å²) in [5.41, 5.74) is 0. The van der Waals surface area contributed by atoms with Crippen molar-refractivity contribution in [3.8, 4) is 0 Å². The first kappa shape index (κ1) is 31.8. The minimum atomic E-state index is -3.09. The predicted molar refractivity (Wildman–Crippen MR) is 141 cm³/mol. The van der Waals surface area contributed by atoms with Crippen molar-refractivity contribution >= 4 is 31.7 Å². The highest BCUT2D eigenvalue weighted by Crippen LogP contribution is 2.57. The SMILES string of the molecule is CCC(=O)C(C)C(=O)[C@H](C)[C@@H]1O[Si](C(C)(C)C)(C(C)(C)C)O[C@H]([C@@H](C)C(=O)C(C)C(=O)CC)C1C. The molecule has 1 heterocycles. The van der Waals surface area contributed by atoms with Gasteiger partial charge in [0.05, 0.1) is 24.0 Å². The Hall–Kier alpha value is -1.18. The molecule has 1 aliphatic rings. The molecule has 0 aliphatic carbocycles. The average molecular weight is 511 g/mol. The predicted octanol–water partition coefficient (Wildman–Crippen LogP) is 6.09. The fourth-order valence-corrected chi connectivity index (χ4v) is 11.1. The van der Waals surface area contributed by atoms with Crippen LogP contribution in [0, 0.1) is 29.6 Å². The largest absolute Gasteiger partial charge is 0.389 e. The van der Waals surface area contributed by atoms with Crippen molar-refractivity contribution in [3.63, 3.8) is 0 Å². The van der Waals surface area contributed by atoms with Gasteiger partial charge in [-0.05, 0) is 13.8 Å². The summed E-state index contributed by atoms with van der Waals surface area (Å²) in [5.74, 6) is -3.16. The van der Waals surface area contributed by atoms with Crippen LogP contribution in [0.3, 0.4) is 0 Å². The van der Waals surface area contributed by atoms with Gasteiger partial charge in [-0.2, -0.15) is 0 Å². The Morgan fingerprint density at radius 3 is 1.20 bits per heavy atom. The van der Waals surface area contributed by atoms with E-state index in [1.54, 1.807) is 27.7 Å². The van der Waals surface area contributed by atoms with Gasteiger partial charge in [-0.25, -0.2) is 0 Å². The van der Waals surface area contributed by atoms with Crippen molar-refractivity contribution in [2.45, 2.75) is 125 Å². The van der Waals surface area contributed by atoms with Crippen molar-refractivity contribution in [2.24, 2.45) is 29.6 Å². The molecule has 0 spiro atoms. The summed E-state index contributed by atoms with van der Waals surface area (Å²) in [4.78, 5) is 51.5. The molecule has 1 saturated heterocycles. The molecule has 202 valence electrons. The van der Waals surface area contributed by atoms with Gasteiger partial charge < -0.3 is 8.85 Å². The van der Waals surface area contributed by atoms with Crippen LogP contribution < -0.4 is 0 Å². The van der Waals surface area contributed by atoms with E-state index >= 15 is 0 Å². The highest BCUT2D eigenvalue weighted by Gasteiger charge is 2.65. The van der Waals surface area contributed by atoms with Gasteiger partial charge in [-0.3, -0.25) is 19.2 Å². The molecule has 0 bridgehead atoms. The average Bonchev–Trinajstić information content (AvgIpc) is 2.78. The second-order valence-corrected chi connectivity index (χ2v) is 17.3. The highest BCUT2D eigenvalue weighted by molar-refractivity contribution is 6.73. The van der Waals surface area contributed by atoms with Crippen LogP contribution in [0.1, 0.15) is 103 Å². The van der Waals surface area contributed by atoms with Gasteiger partial charge >= 0.3 is 8.56 Å². The lowest BCUT2D eigenvalue weighted by atomic mass is 9.77. The van der Waals surface area contributed by atoms with Crippen LogP contribution in [0.4, 0.5) is 0 Å². The second kappa shape index (κ2) is 11.5. The standard InChI is InChI=1S/C28H50O6Si/c1-14-21(29)16(3)23(31)18(5)25-20(7)26(19(6)24(32)17(4)22(30)15-2)34-35(33-25,27(8,9)10)28(11,12)13/h16-20,25-26H,14-15H2,1-13H3/t16?,17?,18-,19-,20?,25-,26+/m0/s1. The lowest BCUT2D eigenvalue weighted by Crippen LogP contribution is -2.68. The first-order chi connectivity index (χ1) is 15.8. The minimum Gasteiger partial charge on any atom is -0.389 e. The molecule has 6 nitrogen and oxygen atoms in total. The van der Waals surface area contributed by atoms with E-state index in [4.69, 9.17) is 8.85 Å². The molecular weight excluding hydrogens is 460 g/mol. The lowest BCUT2D eigenvalue weighted by molar-refractivity contribution is -0.148. The monoisotopic (exact) mass is 510 g/mol. The van der Waals surface area contributed by atoms with Crippen LogP contribution in [0.2, 0.25) is 10.1 Å². The van der Waals surface area contributed by atoms with E-state index in [2.05, 4.69) is 41.5 Å². The molecule has 0 aromatic carbocycles. The number of carbonyl (C=O) groups is 4. The van der Waals surface area contributed by atoms with Crippen LogP contribution in [0.25, 0.3) is 0 Å². The summed E-state index contributed by atoms with van der Waals surface area (Å²) in [5, 5.41) is -0.716. The summed E-state index contributed by atoms with van der Waals surface area (Å²) in [6.07, 6.45) is -0.370. The molecule has 7 atom stereocenters. The maximum absolute atomic E-state index is 13.4. The van der Waals surface area contributed by atoms with Crippen molar-refractivity contribution in [1.29, 1.82) is 0 Å². The zero-order valence-electron chi connectivity index (χ0n) is 24.4. The fourth-order valence-electron chi connectivity index (χ4n) is 5.80. The third-order valence-electron chi connectivity index (χ3n) is 8.01. The van der Waals surface area contributed by atoms with E-state index in [0.717, 1.165) is 0 Å². The van der Waals surface area contributed by atoms with E-state index in [1.807, 2.05) is 20.8 Å². The first-order valence-corrected chi connectivity index (χ1v) is 15.1. The normalized spacial score (nSPS) is 26.4. The second-order valence-electron chi connectivity index (χ2n) is 12.6. The number of carbonyl (C=O) groups excluding carboxylic acids is 4. The molecule has 0 aromatic heterocycles. The van der Waals surface area contributed by atoms with Gasteiger partial charge in [-0.15, -0.1) is 0 Å². The molecule has 0 amide bonds. The van der Waals surface area contributed by atoms with Gasteiger partial charge in [0, 0.05) is 40.7 Å². The molecule has 3 unspecified atom stereocenters. The summed E-state index contributed by atoms with van der Waals surface area (Å²) >= 11 is 0. The zero-order valence-corrected chi connectivity index (χ0v) is 25.4. The topological polar surface area (TPSA) is 86.7 Å². The van der Waals surface area contributed by atoms with Crippen molar-refractivity contribution in [2.75, 3.05) is 0 Å². The molecule has 1 aliphatic heterocycles. The smallest absolute Gasteiger partial charge is 0.349 e. The van der Waals surface area contributed by atoms with Gasteiger partial charge in [0.15, 0.2) is 0 Å². The maximum Gasteiger partial charge on any atom is 0.349 e. The Kier molecular flexibility index (Phi) is 10.4. The number of hydrogen-bond acceptors (Lipinski definition) is 6. The van der Waals surface area contributed by atoms with E-state index in [1.165, 1.54) is 0 Å². The quantitative estimate of drug-likeness (QED) is 0.261. The number of ketones is 4. The molecular formula is C28H50O6Si. The summed E-state index contributed by atoms with van der Waals surface area (Å²) in [7, 11) is -3.09. The van der Waals surface area contributed by atoms with Crippen LogP contribution in [-0.4, -0.2) is 43.9 Å². The summed E-state index contributed by atoms with van der Waals surface area (Å²) < 4.78 is 13.9. The van der Waals surface area contributed by atoms with E-state index in [-0.39, 0.29) is 39.1 Å². The lowest BCUT2D eigenvalue weighted by Gasteiger charge is -2.58. The Morgan fingerprint density at radius 2 is 0.971 bits per heavy atom. The van der Waals surface area contributed by atoms with E-state index in [0.29, 0.717) is 12.8 Å². The van der Waals surface area contributed by atoms with Crippen molar-refractivity contribution in [3.05, 3.63) is 0 Å². The van der Waals surface area contributed by atoms with Gasteiger partial charge in [0.25, 0.3) is 0 Å². The number of Topliss-reactive ketones (excluding diaryl/α,β-unsaturated/α-hetero) is 4. The van der Waals surface area contributed by atoms with Crippen molar-refractivity contribution < 1.29 is 28.0 Å².